The van der Waals surface area contributed by atoms with Crippen LogP contribution in [0.1, 0.15) is 36.8 Å². The van der Waals surface area contributed by atoms with Crippen molar-refractivity contribution in [1.29, 1.82) is 0 Å². The van der Waals surface area contributed by atoms with Crippen molar-refractivity contribution < 1.29 is 9.53 Å². The molecule has 0 radical (unpaired) electrons. The lowest BCUT2D eigenvalue weighted by atomic mass is 10.0. The molecule has 1 saturated carbocycles. The molecule has 3 atom stereocenters. The lowest BCUT2D eigenvalue weighted by molar-refractivity contribution is -0.134. The number of aromatic nitrogens is 2. The van der Waals surface area contributed by atoms with Gasteiger partial charge in [0.05, 0.1) is 19.5 Å². The Morgan fingerprint density at radius 1 is 1.33 bits per heavy atom. The maximum absolute atomic E-state index is 12.9. The number of imidazole rings is 1. The highest BCUT2D eigenvalue weighted by atomic mass is 16.5. The van der Waals surface area contributed by atoms with Crippen LogP contribution in [0.3, 0.4) is 0 Å². The van der Waals surface area contributed by atoms with Gasteiger partial charge in [-0.2, -0.15) is 0 Å². The first-order valence-corrected chi connectivity index (χ1v) is 8.67. The van der Waals surface area contributed by atoms with Crippen molar-refractivity contribution in [3.05, 3.63) is 48.5 Å². The summed E-state index contributed by atoms with van der Waals surface area (Å²) >= 11 is 0. The van der Waals surface area contributed by atoms with Gasteiger partial charge in [-0.15, -0.1) is 0 Å². The quantitative estimate of drug-likeness (QED) is 0.868. The molecule has 1 amide bonds. The highest BCUT2D eigenvalue weighted by molar-refractivity contribution is 5.83. The lowest BCUT2D eigenvalue weighted by Crippen LogP contribution is -2.41. The smallest absolute Gasteiger partial charge is 0.226 e. The van der Waals surface area contributed by atoms with E-state index in [4.69, 9.17) is 4.74 Å². The molecule has 2 aliphatic rings. The van der Waals surface area contributed by atoms with Crippen LogP contribution in [0.4, 0.5) is 0 Å². The molecule has 2 aromatic rings. The zero-order chi connectivity index (χ0) is 16.5. The molecular weight excluding hydrogens is 302 g/mol. The first-order valence-electron chi connectivity index (χ1n) is 8.67. The number of para-hydroxylation sites is 1. The summed E-state index contributed by atoms with van der Waals surface area (Å²) < 4.78 is 7.58. The minimum absolute atomic E-state index is 0.114. The van der Waals surface area contributed by atoms with Crippen LogP contribution in [-0.2, 0) is 4.79 Å². The Labute approximate surface area is 142 Å². The molecule has 2 fully saturated rings. The number of likely N-dealkylation sites (tertiary alicyclic amines) is 1. The Kier molecular flexibility index (Phi) is 4.00. The fraction of sp³-hybridized carbons (Fsp3) is 0.474. The largest absolute Gasteiger partial charge is 0.496 e. The number of ether oxygens (including phenoxy) is 1. The van der Waals surface area contributed by atoms with E-state index in [0.717, 1.165) is 38.1 Å². The third-order valence-corrected chi connectivity index (χ3v) is 5.30. The number of methoxy groups -OCH3 is 1. The Bertz CT molecular complexity index is 713. The molecule has 0 unspecified atom stereocenters. The van der Waals surface area contributed by atoms with Crippen LogP contribution in [0, 0.1) is 5.92 Å². The second-order valence-corrected chi connectivity index (χ2v) is 6.78. The van der Waals surface area contributed by atoms with Gasteiger partial charge in [0.15, 0.2) is 0 Å². The van der Waals surface area contributed by atoms with E-state index in [-0.39, 0.29) is 5.92 Å². The number of nitrogens with zero attached hydrogens (tertiary/aromatic N) is 3. The van der Waals surface area contributed by atoms with Gasteiger partial charge in [0.1, 0.15) is 5.75 Å². The molecule has 1 saturated heterocycles. The Hall–Kier alpha value is -2.30. The standard InChI is InChI=1S/C19H23N3O2/c1-24-18-7-3-2-6-15(18)16-11-17(16)19(23)21-9-4-5-14(12-21)22-10-8-20-13-22/h2-3,6-8,10,13-14,16-17H,4-5,9,11-12H2,1H3/t14-,16+,17-/m1/s1. The third-order valence-electron chi connectivity index (χ3n) is 5.30. The van der Waals surface area contributed by atoms with E-state index in [1.165, 1.54) is 5.56 Å². The maximum atomic E-state index is 12.9. The van der Waals surface area contributed by atoms with Crippen molar-refractivity contribution in [2.45, 2.75) is 31.2 Å². The fourth-order valence-electron chi connectivity index (χ4n) is 3.90. The van der Waals surface area contributed by atoms with E-state index in [1.54, 1.807) is 13.3 Å². The SMILES string of the molecule is COc1ccccc1[C@@H]1C[C@H]1C(=O)N1CCC[C@@H](n2ccnc2)C1. The zero-order valence-corrected chi connectivity index (χ0v) is 14.0. The number of amides is 1. The van der Waals surface area contributed by atoms with E-state index in [0.29, 0.717) is 17.9 Å². The summed E-state index contributed by atoms with van der Waals surface area (Å²) in [5.41, 5.74) is 1.17. The van der Waals surface area contributed by atoms with Crippen LogP contribution in [0.2, 0.25) is 0 Å². The van der Waals surface area contributed by atoms with Crippen LogP contribution in [0.15, 0.2) is 43.0 Å². The van der Waals surface area contributed by atoms with Crippen molar-refractivity contribution in [3.63, 3.8) is 0 Å². The van der Waals surface area contributed by atoms with Gasteiger partial charge >= 0.3 is 0 Å². The summed E-state index contributed by atoms with van der Waals surface area (Å²) in [5, 5.41) is 0. The molecule has 1 aromatic carbocycles. The van der Waals surface area contributed by atoms with Crippen LogP contribution >= 0.6 is 0 Å². The highest BCUT2D eigenvalue weighted by Crippen LogP contribution is 2.51. The predicted octanol–water partition coefficient (Wildman–Crippen LogP) is 2.86. The van der Waals surface area contributed by atoms with Gasteiger partial charge in [0.25, 0.3) is 0 Å². The normalized spacial score (nSPS) is 26.2. The summed E-state index contributed by atoms with van der Waals surface area (Å²) in [6.07, 6.45) is 8.76. The van der Waals surface area contributed by atoms with Gasteiger partial charge in [-0.3, -0.25) is 4.79 Å². The number of carbonyl (C=O) groups is 1. The third kappa shape index (κ3) is 2.79. The molecule has 24 heavy (non-hydrogen) atoms. The number of hydrogen-bond acceptors (Lipinski definition) is 3. The summed E-state index contributed by atoms with van der Waals surface area (Å²) in [6.45, 7) is 1.67. The average molecular weight is 325 g/mol. The summed E-state index contributed by atoms with van der Waals surface area (Å²) in [7, 11) is 1.69. The summed E-state index contributed by atoms with van der Waals surface area (Å²) in [6, 6.07) is 8.41. The molecule has 5 nitrogen and oxygen atoms in total. The lowest BCUT2D eigenvalue weighted by Gasteiger charge is -2.33. The van der Waals surface area contributed by atoms with Gasteiger partial charge in [-0.25, -0.2) is 4.98 Å². The van der Waals surface area contributed by atoms with E-state index in [9.17, 15) is 4.79 Å². The minimum Gasteiger partial charge on any atom is -0.496 e. The van der Waals surface area contributed by atoms with Crippen molar-refractivity contribution in [2.24, 2.45) is 5.92 Å². The van der Waals surface area contributed by atoms with E-state index >= 15 is 0 Å². The first-order chi connectivity index (χ1) is 11.8. The topological polar surface area (TPSA) is 47.4 Å². The number of carbonyl (C=O) groups excluding carboxylic acids is 1. The van der Waals surface area contributed by atoms with Crippen molar-refractivity contribution in [1.82, 2.24) is 14.5 Å². The molecule has 1 aliphatic heterocycles. The molecular formula is C19H23N3O2. The van der Waals surface area contributed by atoms with Gasteiger partial charge in [0, 0.05) is 31.4 Å². The number of benzene rings is 1. The number of rotatable bonds is 4. The molecule has 0 spiro atoms. The highest BCUT2D eigenvalue weighted by Gasteiger charge is 2.47. The second-order valence-electron chi connectivity index (χ2n) is 6.78. The molecule has 126 valence electrons. The second kappa shape index (κ2) is 6.30. The van der Waals surface area contributed by atoms with Crippen molar-refractivity contribution >= 4 is 5.91 Å². The monoisotopic (exact) mass is 325 g/mol. The molecule has 2 heterocycles. The van der Waals surface area contributed by atoms with E-state index in [2.05, 4.69) is 15.6 Å². The Morgan fingerprint density at radius 3 is 3.00 bits per heavy atom. The van der Waals surface area contributed by atoms with E-state index in [1.807, 2.05) is 35.6 Å². The zero-order valence-electron chi connectivity index (χ0n) is 14.0. The molecule has 1 aromatic heterocycles. The predicted molar refractivity (Wildman–Crippen MR) is 90.9 cm³/mol. The number of hydrogen-bond donors (Lipinski definition) is 0. The molecule has 5 heteroatoms. The maximum Gasteiger partial charge on any atom is 0.226 e. The van der Waals surface area contributed by atoms with Gasteiger partial charge in [-0.1, -0.05) is 18.2 Å². The van der Waals surface area contributed by atoms with Gasteiger partial charge in [-0.05, 0) is 36.8 Å². The summed E-state index contributed by atoms with van der Waals surface area (Å²) in [5.74, 6) is 1.62. The minimum atomic E-state index is 0.114. The Morgan fingerprint density at radius 2 is 2.21 bits per heavy atom. The van der Waals surface area contributed by atoms with Crippen LogP contribution < -0.4 is 4.74 Å². The molecule has 0 N–H and O–H groups in total. The number of piperidine rings is 1. The molecule has 1 aliphatic carbocycles. The van der Waals surface area contributed by atoms with Gasteiger partial charge in [0.2, 0.25) is 5.91 Å². The first kappa shape index (κ1) is 15.2. The summed E-state index contributed by atoms with van der Waals surface area (Å²) in [4.78, 5) is 19.1. The van der Waals surface area contributed by atoms with Gasteiger partial charge < -0.3 is 14.2 Å². The fourth-order valence-corrected chi connectivity index (χ4v) is 3.90. The van der Waals surface area contributed by atoms with Crippen molar-refractivity contribution in [3.8, 4) is 5.75 Å². The molecule has 0 bridgehead atoms. The van der Waals surface area contributed by atoms with Crippen LogP contribution in [0.5, 0.6) is 5.75 Å². The van der Waals surface area contributed by atoms with Crippen LogP contribution in [0.25, 0.3) is 0 Å². The Balaban J connectivity index is 1.43. The molecule has 4 rings (SSSR count). The van der Waals surface area contributed by atoms with Crippen LogP contribution in [-0.4, -0.2) is 40.6 Å². The average Bonchev–Trinajstić information content (AvgIpc) is 3.24. The van der Waals surface area contributed by atoms with Crippen molar-refractivity contribution in [2.75, 3.05) is 20.2 Å². The van der Waals surface area contributed by atoms with E-state index < -0.39 is 0 Å².